The van der Waals surface area contributed by atoms with Gasteiger partial charge in [-0.15, -0.1) is 0 Å². The van der Waals surface area contributed by atoms with Gasteiger partial charge in [-0.3, -0.25) is 9.59 Å². The number of carbonyl (C=O) groups is 2. The molecular weight excluding hydrogens is 294 g/mol. The maximum atomic E-state index is 12.0. The zero-order chi connectivity index (χ0) is 17.0. The highest BCUT2D eigenvalue weighted by atomic mass is 16.3. The summed E-state index contributed by atoms with van der Waals surface area (Å²) < 4.78 is 0. The fraction of sp³-hybridized carbons (Fsp3) is 0.235. The first-order chi connectivity index (χ1) is 10.8. The van der Waals surface area contributed by atoms with E-state index in [0.29, 0.717) is 17.1 Å². The number of phenolic OH excluding ortho intramolecular Hbond substituents is 1. The van der Waals surface area contributed by atoms with Crippen LogP contribution in [-0.4, -0.2) is 21.9 Å². The molecule has 23 heavy (non-hydrogen) atoms. The molecule has 0 saturated heterocycles. The van der Waals surface area contributed by atoms with Gasteiger partial charge in [-0.25, -0.2) is 4.98 Å². The third-order valence-corrected chi connectivity index (χ3v) is 3.05. The SMILES string of the molecule is CC(C)(C)C(=O)Nc1ccc(NC(=O)c2cccc(O)c2)nc1. The zero-order valence-electron chi connectivity index (χ0n) is 13.3. The number of hydrogen-bond acceptors (Lipinski definition) is 4. The highest BCUT2D eigenvalue weighted by Crippen LogP contribution is 2.18. The largest absolute Gasteiger partial charge is 0.508 e. The second kappa shape index (κ2) is 6.48. The van der Waals surface area contributed by atoms with Gasteiger partial charge in [0.1, 0.15) is 11.6 Å². The molecule has 6 nitrogen and oxygen atoms in total. The Morgan fingerprint density at radius 1 is 1.09 bits per heavy atom. The predicted molar refractivity (Wildman–Crippen MR) is 88.4 cm³/mol. The molecule has 0 aliphatic carbocycles. The molecule has 0 radical (unpaired) electrons. The Balaban J connectivity index is 2.03. The molecule has 2 rings (SSSR count). The van der Waals surface area contributed by atoms with Crippen LogP contribution in [-0.2, 0) is 4.79 Å². The molecule has 0 atom stereocenters. The van der Waals surface area contributed by atoms with E-state index in [1.807, 2.05) is 20.8 Å². The molecule has 0 unspecified atom stereocenters. The van der Waals surface area contributed by atoms with E-state index in [9.17, 15) is 14.7 Å². The number of carbonyl (C=O) groups excluding carboxylic acids is 2. The fourth-order valence-corrected chi connectivity index (χ4v) is 1.70. The second-order valence-corrected chi connectivity index (χ2v) is 6.14. The number of rotatable bonds is 3. The smallest absolute Gasteiger partial charge is 0.256 e. The molecule has 0 aliphatic heterocycles. The fourth-order valence-electron chi connectivity index (χ4n) is 1.70. The van der Waals surface area contributed by atoms with Crippen LogP contribution in [0, 0.1) is 5.41 Å². The van der Waals surface area contributed by atoms with E-state index < -0.39 is 5.41 Å². The van der Waals surface area contributed by atoms with Crippen molar-refractivity contribution in [1.29, 1.82) is 0 Å². The van der Waals surface area contributed by atoms with Gasteiger partial charge in [0.25, 0.3) is 5.91 Å². The van der Waals surface area contributed by atoms with Crippen LogP contribution in [0.3, 0.4) is 0 Å². The Hall–Kier alpha value is -2.89. The number of benzene rings is 1. The van der Waals surface area contributed by atoms with Gasteiger partial charge in [0.2, 0.25) is 5.91 Å². The Morgan fingerprint density at radius 2 is 1.83 bits per heavy atom. The second-order valence-electron chi connectivity index (χ2n) is 6.14. The molecule has 2 amide bonds. The van der Waals surface area contributed by atoms with Crippen LogP contribution in [0.5, 0.6) is 5.75 Å². The van der Waals surface area contributed by atoms with Crippen LogP contribution in [0.15, 0.2) is 42.6 Å². The van der Waals surface area contributed by atoms with Gasteiger partial charge in [-0.05, 0) is 30.3 Å². The monoisotopic (exact) mass is 313 g/mol. The summed E-state index contributed by atoms with van der Waals surface area (Å²) in [4.78, 5) is 28.0. The summed E-state index contributed by atoms with van der Waals surface area (Å²) in [5.41, 5.74) is 0.388. The molecule has 0 aliphatic rings. The summed E-state index contributed by atoms with van der Waals surface area (Å²) in [6.45, 7) is 5.46. The molecule has 0 spiro atoms. The molecule has 6 heteroatoms. The summed E-state index contributed by atoms with van der Waals surface area (Å²) >= 11 is 0. The molecule has 0 saturated carbocycles. The van der Waals surface area contributed by atoms with Crippen LogP contribution in [0.25, 0.3) is 0 Å². The maximum Gasteiger partial charge on any atom is 0.256 e. The van der Waals surface area contributed by atoms with E-state index >= 15 is 0 Å². The van der Waals surface area contributed by atoms with Crippen molar-refractivity contribution in [2.45, 2.75) is 20.8 Å². The first-order valence-corrected chi connectivity index (χ1v) is 7.13. The zero-order valence-corrected chi connectivity index (χ0v) is 13.3. The number of phenols is 1. The summed E-state index contributed by atoms with van der Waals surface area (Å²) in [5, 5.41) is 14.8. The van der Waals surface area contributed by atoms with Crippen molar-refractivity contribution < 1.29 is 14.7 Å². The number of nitrogens with one attached hydrogen (secondary N) is 2. The summed E-state index contributed by atoms with van der Waals surface area (Å²) in [5.74, 6) is -0.117. The van der Waals surface area contributed by atoms with Crippen molar-refractivity contribution in [3.05, 3.63) is 48.2 Å². The lowest BCUT2D eigenvalue weighted by Crippen LogP contribution is -2.27. The number of pyridine rings is 1. The van der Waals surface area contributed by atoms with E-state index in [-0.39, 0.29) is 17.6 Å². The number of aromatic nitrogens is 1. The van der Waals surface area contributed by atoms with Crippen LogP contribution < -0.4 is 10.6 Å². The van der Waals surface area contributed by atoms with Crippen molar-refractivity contribution >= 4 is 23.3 Å². The third-order valence-electron chi connectivity index (χ3n) is 3.05. The van der Waals surface area contributed by atoms with Crippen molar-refractivity contribution in [1.82, 2.24) is 4.98 Å². The molecular formula is C17H19N3O3. The van der Waals surface area contributed by atoms with Gasteiger partial charge in [0.05, 0.1) is 11.9 Å². The highest BCUT2D eigenvalue weighted by molar-refractivity contribution is 6.04. The normalized spacial score (nSPS) is 10.9. The molecule has 0 bridgehead atoms. The molecule has 0 fully saturated rings. The molecule has 1 heterocycles. The summed E-state index contributed by atoms with van der Waals surface area (Å²) in [6.07, 6.45) is 1.47. The minimum Gasteiger partial charge on any atom is -0.508 e. The predicted octanol–water partition coefficient (Wildman–Crippen LogP) is 3.02. The number of amides is 2. The number of anilines is 2. The van der Waals surface area contributed by atoms with E-state index in [0.717, 1.165) is 0 Å². The molecule has 120 valence electrons. The lowest BCUT2D eigenvalue weighted by molar-refractivity contribution is -0.123. The number of aromatic hydroxyl groups is 1. The molecule has 1 aromatic carbocycles. The van der Waals surface area contributed by atoms with Crippen LogP contribution in [0.4, 0.5) is 11.5 Å². The lowest BCUT2D eigenvalue weighted by Gasteiger charge is -2.17. The van der Waals surface area contributed by atoms with Gasteiger partial charge in [0, 0.05) is 11.0 Å². The van der Waals surface area contributed by atoms with Gasteiger partial charge in [-0.1, -0.05) is 26.8 Å². The number of hydrogen-bond donors (Lipinski definition) is 3. The van der Waals surface area contributed by atoms with Crippen LogP contribution in [0.1, 0.15) is 31.1 Å². The highest BCUT2D eigenvalue weighted by Gasteiger charge is 2.21. The lowest BCUT2D eigenvalue weighted by atomic mass is 9.96. The van der Waals surface area contributed by atoms with Gasteiger partial charge < -0.3 is 15.7 Å². The topological polar surface area (TPSA) is 91.3 Å². The van der Waals surface area contributed by atoms with E-state index in [4.69, 9.17) is 0 Å². The average molecular weight is 313 g/mol. The summed E-state index contributed by atoms with van der Waals surface area (Å²) in [6, 6.07) is 9.29. The Bertz CT molecular complexity index is 719. The quantitative estimate of drug-likeness (QED) is 0.812. The minimum absolute atomic E-state index is 0.0193. The molecule has 3 N–H and O–H groups in total. The standard InChI is InChI=1S/C17H19N3O3/c1-17(2,3)16(23)19-12-7-8-14(18-10-12)20-15(22)11-5-4-6-13(21)9-11/h4-10,21H,1-3H3,(H,19,23)(H,18,20,22). The Kier molecular flexibility index (Phi) is 4.64. The van der Waals surface area contributed by atoms with Crippen LogP contribution >= 0.6 is 0 Å². The van der Waals surface area contributed by atoms with E-state index in [1.165, 1.54) is 18.3 Å². The minimum atomic E-state index is -0.498. The van der Waals surface area contributed by atoms with Crippen LogP contribution in [0.2, 0.25) is 0 Å². The van der Waals surface area contributed by atoms with Crippen molar-refractivity contribution in [3.8, 4) is 5.75 Å². The Labute approximate surface area is 134 Å². The van der Waals surface area contributed by atoms with E-state index in [2.05, 4.69) is 15.6 Å². The molecule has 2 aromatic rings. The van der Waals surface area contributed by atoms with Crippen molar-refractivity contribution in [2.24, 2.45) is 5.41 Å². The van der Waals surface area contributed by atoms with E-state index in [1.54, 1.807) is 24.3 Å². The summed E-state index contributed by atoms with van der Waals surface area (Å²) in [7, 11) is 0. The van der Waals surface area contributed by atoms with Gasteiger partial charge in [0.15, 0.2) is 0 Å². The first-order valence-electron chi connectivity index (χ1n) is 7.13. The molecule has 1 aromatic heterocycles. The first kappa shape index (κ1) is 16.5. The Morgan fingerprint density at radius 3 is 2.39 bits per heavy atom. The van der Waals surface area contributed by atoms with Crippen molar-refractivity contribution in [3.63, 3.8) is 0 Å². The van der Waals surface area contributed by atoms with Crippen molar-refractivity contribution in [2.75, 3.05) is 10.6 Å². The average Bonchev–Trinajstić information content (AvgIpc) is 2.48. The van der Waals surface area contributed by atoms with Gasteiger partial charge in [-0.2, -0.15) is 0 Å². The third kappa shape index (κ3) is 4.54. The maximum absolute atomic E-state index is 12.0. The number of nitrogens with zero attached hydrogens (tertiary/aromatic N) is 1. The van der Waals surface area contributed by atoms with Gasteiger partial charge >= 0.3 is 0 Å².